The van der Waals surface area contributed by atoms with Crippen LogP contribution in [0.3, 0.4) is 0 Å². The summed E-state index contributed by atoms with van der Waals surface area (Å²) in [4.78, 5) is 11.9. The van der Waals surface area contributed by atoms with Crippen LogP contribution >= 0.6 is 11.6 Å². The smallest absolute Gasteiger partial charge is 0.228 e. The van der Waals surface area contributed by atoms with Crippen molar-refractivity contribution in [1.29, 1.82) is 0 Å². The Hall–Kier alpha value is -2.00. The number of benzene rings is 2. The molecule has 2 rings (SSSR count). The van der Waals surface area contributed by atoms with Gasteiger partial charge in [0.1, 0.15) is 0 Å². The second-order valence-electron chi connectivity index (χ2n) is 4.40. The van der Waals surface area contributed by atoms with E-state index in [2.05, 4.69) is 5.32 Å². The van der Waals surface area contributed by atoms with Gasteiger partial charge in [0.15, 0.2) is 0 Å². The molecule has 2 aromatic carbocycles. The van der Waals surface area contributed by atoms with Gasteiger partial charge in [0.05, 0.1) is 17.1 Å². The van der Waals surface area contributed by atoms with Crippen molar-refractivity contribution in [3.05, 3.63) is 58.6 Å². The van der Waals surface area contributed by atoms with E-state index in [9.17, 15) is 4.79 Å². The summed E-state index contributed by atoms with van der Waals surface area (Å²) in [5.41, 5.74) is 8.77. The van der Waals surface area contributed by atoms with E-state index in [1.54, 1.807) is 12.1 Å². The van der Waals surface area contributed by atoms with Gasteiger partial charge in [-0.3, -0.25) is 4.79 Å². The van der Waals surface area contributed by atoms with Gasteiger partial charge < -0.3 is 11.1 Å². The molecule has 0 bridgehead atoms. The molecule has 0 heterocycles. The molecule has 98 valence electrons. The van der Waals surface area contributed by atoms with Crippen LogP contribution in [0.1, 0.15) is 11.1 Å². The molecule has 3 nitrogen and oxygen atoms in total. The molecular formula is C15H15ClN2O. The highest BCUT2D eigenvalue weighted by Gasteiger charge is 2.08. The van der Waals surface area contributed by atoms with E-state index in [1.807, 2.05) is 37.3 Å². The van der Waals surface area contributed by atoms with Crippen molar-refractivity contribution in [3.8, 4) is 0 Å². The molecule has 1 amide bonds. The normalized spacial score (nSPS) is 10.2. The van der Waals surface area contributed by atoms with Gasteiger partial charge in [-0.25, -0.2) is 0 Å². The predicted molar refractivity (Wildman–Crippen MR) is 79.4 cm³/mol. The van der Waals surface area contributed by atoms with Crippen molar-refractivity contribution in [3.63, 3.8) is 0 Å². The third kappa shape index (κ3) is 3.48. The molecule has 0 spiro atoms. The Kier molecular flexibility index (Phi) is 4.07. The highest BCUT2D eigenvalue weighted by Crippen LogP contribution is 2.26. The van der Waals surface area contributed by atoms with Crippen LogP contribution in [0.5, 0.6) is 0 Å². The van der Waals surface area contributed by atoms with Crippen molar-refractivity contribution >= 4 is 28.9 Å². The average Bonchev–Trinajstić information content (AvgIpc) is 2.37. The Labute approximate surface area is 117 Å². The number of hydrogen-bond acceptors (Lipinski definition) is 2. The Morgan fingerprint density at radius 2 is 1.95 bits per heavy atom. The standard InChI is InChI=1S/C15H15ClN2O/c1-10-7-13(17)12(16)9-14(10)18-15(19)8-11-5-3-2-4-6-11/h2-7,9H,8,17H2,1H3,(H,18,19). The van der Waals surface area contributed by atoms with Gasteiger partial charge in [-0.1, -0.05) is 41.9 Å². The lowest BCUT2D eigenvalue weighted by atomic mass is 10.1. The summed E-state index contributed by atoms with van der Waals surface area (Å²) in [5, 5.41) is 3.29. The van der Waals surface area contributed by atoms with Crippen LogP contribution in [0, 0.1) is 6.92 Å². The van der Waals surface area contributed by atoms with E-state index in [1.165, 1.54) is 0 Å². The first-order valence-electron chi connectivity index (χ1n) is 5.95. The highest BCUT2D eigenvalue weighted by atomic mass is 35.5. The monoisotopic (exact) mass is 274 g/mol. The molecule has 4 heteroatoms. The molecule has 0 fully saturated rings. The first-order chi connectivity index (χ1) is 9.06. The number of nitrogens with two attached hydrogens (primary N) is 1. The second-order valence-corrected chi connectivity index (χ2v) is 4.81. The zero-order chi connectivity index (χ0) is 13.8. The minimum atomic E-state index is -0.0739. The van der Waals surface area contributed by atoms with Crippen LogP contribution in [0.25, 0.3) is 0 Å². The lowest BCUT2D eigenvalue weighted by Gasteiger charge is -2.10. The van der Waals surface area contributed by atoms with E-state index in [4.69, 9.17) is 17.3 Å². The minimum Gasteiger partial charge on any atom is -0.398 e. The van der Waals surface area contributed by atoms with E-state index in [-0.39, 0.29) is 5.91 Å². The van der Waals surface area contributed by atoms with Crippen molar-refractivity contribution < 1.29 is 4.79 Å². The molecule has 3 N–H and O–H groups in total. The fourth-order valence-electron chi connectivity index (χ4n) is 1.81. The van der Waals surface area contributed by atoms with E-state index < -0.39 is 0 Å². The molecule has 0 saturated carbocycles. The molecule has 2 aromatic rings. The average molecular weight is 275 g/mol. The van der Waals surface area contributed by atoms with E-state index >= 15 is 0 Å². The van der Waals surface area contributed by atoms with Gasteiger partial charge in [0.25, 0.3) is 0 Å². The van der Waals surface area contributed by atoms with Gasteiger partial charge in [-0.2, -0.15) is 0 Å². The zero-order valence-corrected chi connectivity index (χ0v) is 11.4. The maximum atomic E-state index is 11.9. The fourth-order valence-corrected chi connectivity index (χ4v) is 1.98. The third-order valence-electron chi connectivity index (χ3n) is 2.83. The number of carbonyl (C=O) groups excluding carboxylic acids is 1. The van der Waals surface area contributed by atoms with Crippen molar-refractivity contribution in [2.24, 2.45) is 0 Å². The summed E-state index contributed by atoms with van der Waals surface area (Å²) in [6, 6.07) is 13.0. The van der Waals surface area contributed by atoms with Crippen molar-refractivity contribution in [1.82, 2.24) is 0 Å². The number of anilines is 2. The molecule has 0 aliphatic rings. The molecular weight excluding hydrogens is 260 g/mol. The zero-order valence-electron chi connectivity index (χ0n) is 10.6. The molecule has 0 aliphatic heterocycles. The van der Waals surface area contributed by atoms with Crippen molar-refractivity contribution in [2.45, 2.75) is 13.3 Å². The Balaban J connectivity index is 2.09. The summed E-state index contributed by atoms with van der Waals surface area (Å²) < 4.78 is 0. The second kappa shape index (κ2) is 5.76. The molecule has 0 unspecified atom stereocenters. The Morgan fingerprint density at radius 1 is 1.26 bits per heavy atom. The maximum absolute atomic E-state index is 11.9. The van der Waals surface area contributed by atoms with Crippen molar-refractivity contribution in [2.75, 3.05) is 11.1 Å². The van der Waals surface area contributed by atoms with Gasteiger partial charge in [-0.15, -0.1) is 0 Å². The van der Waals surface area contributed by atoms with Crippen LogP contribution < -0.4 is 11.1 Å². The molecule has 0 aromatic heterocycles. The number of halogens is 1. The SMILES string of the molecule is Cc1cc(N)c(Cl)cc1NC(=O)Cc1ccccc1. The summed E-state index contributed by atoms with van der Waals surface area (Å²) >= 11 is 5.95. The molecule has 0 saturated heterocycles. The van der Waals surface area contributed by atoms with Gasteiger partial charge in [0.2, 0.25) is 5.91 Å². The maximum Gasteiger partial charge on any atom is 0.228 e. The minimum absolute atomic E-state index is 0.0739. The largest absolute Gasteiger partial charge is 0.398 e. The number of hydrogen-bond donors (Lipinski definition) is 2. The van der Waals surface area contributed by atoms with Crippen LogP contribution in [0.15, 0.2) is 42.5 Å². The van der Waals surface area contributed by atoms with E-state index in [0.29, 0.717) is 22.8 Å². The topological polar surface area (TPSA) is 55.1 Å². The van der Waals surface area contributed by atoms with Crippen LogP contribution in [-0.4, -0.2) is 5.91 Å². The molecule has 19 heavy (non-hydrogen) atoms. The lowest BCUT2D eigenvalue weighted by molar-refractivity contribution is -0.115. The molecule has 0 aliphatic carbocycles. The number of nitrogen functional groups attached to an aromatic ring is 1. The number of aryl methyl sites for hydroxylation is 1. The van der Waals surface area contributed by atoms with Gasteiger partial charge in [-0.05, 0) is 30.2 Å². The highest BCUT2D eigenvalue weighted by molar-refractivity contribution is 6.33. The summed E-state index contributed by atoms with van der Waals surface area (Å²) in [6.45, 7) is 1.88. The van der Waals surface area contributed by atoms with E-state index in [0.717, 1.165) is 11.1 Å². The molecule has 0 atom stereocenters. The fraction of sp³-hybridized carbons (Fsp3) is 0.133. The Morgan fingerprint density at radius 3 is 2.63 bits per heavy atom. The Bertz CT molecular complexity index is 597. The molecule has 0 radical (unpaired) electrons. The number of rotatable bonds is 3. The lowest BCUT2D eigenvalue weighted by Crippen LogP contribution is -2.15. The van der Waals surface area contributed by atoms with Gasteiger partial charge in [0, 0.05) is 5.69 Å². The number of carbonyl (C=O) groups is 1. The summed E-state index contributed by atoms with van der Waals surface area (Å²) in [6.07, 6.45) is 0.336. The van der Waals surface area contributed by atoms with Crippen LogP contribution in [-0.2, 0) is 11.2 Å². The quantitative estimate of drug-likeness (QED) is 0.843. The first kappa shape index (κ1) is 13.4. The first-order valence-corrected chi connectivity index (χ1v) is 6.33. The summed E-state index contributed by atoms with van der Waals surface area (Å²) in [5.74, 6) is -0.0739. The van der Waals surface area contributed by atoms with Crippen LogP contribution in [0.4, 0.5) is 11.4 Å². The number of nitrogens with one attached hydrogen (secondary N) is 1. The predicted octanol–water partition coefficient (Wildman–Crippen LogP) is 3.41. The van der Waals surface area contributed by atoms with Crippen LogP contribution in [0.2, 0.25) is 5.02 Å². The third-order valence-corrected chi connectivity index (χ3v) is 3.15. The summed E-state index contributed by atoms with van der Waals surface area (Å²) in [7, 11) is 0. The van der Waals surface area contributed by atoms with Gasteiger partial charge >= 0.3 is 0 Å². The number of amides is 1.